The average Bonchev–Trinajstić information content (AvgIpc) is 3.15. The van der Waals surface area contributed by atoms with Gasteiger partial charge in [0.05, 0.1) is 4.88 Å². The number of anilines is 3. The Morgan fingerprint density at radius 3 is 2.62 bits per heavy atom. The van der Waals surface area contributed by atoms with Crippen LogP contribution in [0.15, 0.2) is 47.8 Å². The lowest BCUT2D eigenvalue weighted by Crippen LogP contribution is -2.28. The number of hydrogen-bond donors (Lipinski definition) is 3. The molecule has 7 heteroatoms. The van der Waals surface area contributed by atoms with Crippen molar-refractivity contribution in [3.05, 3.63) is 64.0 Å². The second-order valence-electron chi connectivity index (χ2n) is 5.87. The van der Waals surface area contributed by atoms with E-state index in [1.165, 1.54) is 16.9 Å². The van der Waals surface area contributed by atoms with Gasteiger partial charge in [-0.15, -0.1) is 11.3 Å². The molecule has 0 saturated carbocycles. The van der Waals surface area contributed by atoms with Crippen LogP contribution in [-0.4, -0.2) is 29.0 Å². The fraction of sp³-hybridized carbons (Fsp3) is 0.211. The van der Waals surface area contributed by atoms with Crippen LogP contribution in [0.2, 0.25) is 0 Å². The van der Waals surface area contributed by atoms with Crippen molar-refractivity contribution in [1.29, 1.82) is 0 Å². The number of nitrogens with one attached hydrogen (secondary N) is 3. The van der Waals surface area contributed by atoms with Gasteiger partial charge in [-0.3, -0.25) is 4.79 Å². The lowest BCUT2D eigenvalue weighted by molar-refractivity contribution is 0.0959. The van der Waals surface area contributed by atoms with Gasteiger partial charge >= 0.3 is 0 Å². The minimum atomic E-state index is -0.0614. The van der Waals surface area contributed by atoms with Crippen LogP contribution < -0.4 is 16.0 Å². The molecule has 26 heavy (non-hydrogen) atoms. The third-order valence-electron chi connectivity index (χ3n) is 3.62. The summed E-state index contributed by atoms with van der Waals surface area (Å²) < 4.78 is 0. The highest BCUT2D eigenvalue weighted by molar-refractivity contribution is 7.12. The molecule has 134 valence electrons. The normalized spacial score (nSPS) is 10.4. The first-order valence-corrected chi connectivity index (χ1v) is 9.23. The van der Waals surface area contributed by atoms with Crippen molar-refractivity contribution >= 4 is 34.7 Å². The van der Waals surface area contributed by atoms with E-state index in [0.29, 0.717) is 23.9 Å². The van der Waals surface area contributed by atoms with Gasteiger partial charge in [-0.2, -0.15) is 4.98 Å². The van der Waals surface area contributed by atoms with Gasteiger partial charge in [0, 0.05) is 30.5 Å². The molecule has 0 aliphatic heterocycles. The van der Waals surface area contributed by atoms with E-state index in [9.17, 15) is 4.79 Å². The van der Waals surface area contributed by atoms with Crippen molar-refractivity contribution in [1.82, 2.24) is 15.3 Å². The van der Waals surface area contributed by atoms with Gasteiger partial charge in [-0.25, -0.2) is 4.98 Å². The van der Waals surface area contributed by atoms with Gasteiger partial charge in [0.2, 0.25) is 5.95 Å². The summed E-state index contributed by atoms with van der Waals surface area (Å²) in [5.74, 6) is 1.20. The predicted octanol–water partition coefficient (Wildman–Crippen LogP) is 3.74. The monoisotopic (exact) mass is 367 g/mol. The Kier molecular flexibility index (Phi) is 5.80. The summed E-state index contributed by atoms with van der Waals surface area (Å²) >= 11 is 1.43. The molecule has 0 radical (unpaired) electrons. The van der Waals surface area contributed by atoms with Gasteiger partial charge in [0.25, 0.3) is 5.91 Å². The van der Waals surface area contributed by atoms with Crippen LogP contribution in [0.25, 0.3) is 0 Å². The van der Waals surface area contributed by atoms with Crippen LogP contribution >= 0.6 is 11.3 Å². The van der Waals surface area contributed by atoms with Crippen LogP contribution in [0, 0.1) is 13.8 Å². The van der Waals surface area contributed by atoms with Gasteiger partial charge in [-0.05, 0) is 37.4 Å². The van der Waals surface area contributed by atoms with E-state index in [-0.39, 0.29) is 5.91 Å². The second kappa shape index (κ2) is 8.44. The number of hydrogen-bond acceptors (Lipinski definition) is 6. The van der Waals surface area contributed by atoms with Gasteiger partial charge < -0.3 is 16.0 Å². The second-order valence-corrected chi connectivity index (χ2v) is 6.82. The maximum atomic E-state index is 11.9. The van der Waals surface area contributed by atoms with Crippen molar-refractivity contribution < 1.29 is 4.79 Å². The van der Waals surface area contributed by atoms with Gasteiger partial charge in [-0.1, -0.05) is 23.8 Å². The van der Waals surface area contributed by atoms with E-state index in [0.717, 1.165) is 17.2 Å². The van der Waals surface area contributed by atoms with Crippen molar-refractivity contribution in [2.24, 2.45) is 0 Å². The summed E-state index contributed by atoms with van der Waals surface area (Å²) in [6.07, 6.45) is 0. The molecule has 0 atom stereocenters. The Morgan fingerprint density at radius 1 is 1.08 bits per heavy atom. The van der Waals surface area contributed by atoms with Gasteiger partial charge in [0.15, 0.2) is 0 Å². The summed E-state index contributed by atoms with van der Waals surface area (Å²) in [4.78, 5) is 21.4. The number of aryl methyl sites for hydroxylation is 2. The predicted molar refractivity (Wildman–Crippen MR) is 106 cm³/mol. The minimum Gasteiger partial charge on any atom is -0.352 e. The molecule has 6 nitrogen and oxygen atoms in total. The van der Waals surface area contributed by atoms with E-state index in [1.807, 2.05) is 48.7 Å². The Bertz CT molecular complexity index is 862. The molecule has 1 aromatic carbocycles. The Hall–Kier alpha value is -2.93. The number of thiophene rings is 1. The molecule has 3 N–H and O–H groups in total. The van der Waals surface area contributed by atoms with Crippen molar-refractivity contribution in [3.8, 4) is 0 Å². The van der Waals surface area contributed by atoms with Crippen molar-refractivity contribution in [3.63, 3.8) is 0 Å². The van der Waals surface area contributed by atoms with Gasteiger partial charge in [0.1, 0.15) is 5.82 Å². The number of amides is 1. The van der Waals surface area contributed by atoms with Crippen molar-refractivity contribution in [2.45, 2.75) is 13.8 Å². The summed E-state index contributed by atoms with van der Waals surface area (Å²) in [5, 5.41) is 11.2. The molecule has 0 aliphatic carbocycles. The van der Waals surface area contributed by atoms with Crippen molar-refractivity contribution in [2.75, 3.05) is 23.7 Å². The lowest BCUT2D eigenvalue weighted by atomic mass is 10.2. The number of rotatable bonds is 7. The molecular formula is C19H21N5OS. The first-order chi connectivity index (χ1) is 12.6. The molecule has 0 bridgehead atoms. The molecule has 0 spiro atoms. The molecule has 0 unspecified atom stereocenters. The van der Waals surface area contributed by atoms with Crippen LogP contribution in [-0.2, 0) is 0 Å². The standard InChI is InChI=1S/C19H21N5OS/c1-13-5-7-15(8-6-13)23-17-12-14(2)22-19(24-17)21-10-9-20-18(25)16-4-3-11-26-16/h3-8,11-12H,9-10H2,1-2H3,(H,20,25)(H2,21,22,23,24). The summed E-state index contributed by atoms with van der Waals surface area (Å²) in [5.41, 5.74) is 3.05. The minimum absolute atomic E-state index is 0.0614. The zero-order valence-corrected chi connectivity index (χ0v) is 15.6. The number of aromatic nitrogens is 2. The molecule has 1 amide bonds. The molecule has 3 rings (SSSR count). The topological polar surface area (TPSA) is 78.9 Å². The quantitative estimate of drug-likeness (QED) is 0.555. The van der Waals surface area contributed by atoms with Crippen LogP contribution in [0.3, 0.4) is 0 Å². The number of carbonyl (C=O) groups is 1. The van der Waals surface area contributed by atoms with E-state index in [4.69, 9.17) is 0 Å². The summed E-state index contributed by atoms with van der Waals surface area (Å²) in [6, 6.07) is 13.7. The van der Waals surface area contributed by atoms with Crippen LogP contribution in [0.5, 0.6) is 0 Å². The smallest absolute Gasteiger partial charge is 0.261 e. The highest BCUT2D eigenvalue weighted by Crippen LogP contribution is 2.17. The Balaban J connectivity index is 1.54. The zero-order chi connectivity index (χ0) is 18.4. The fourth-order valence-electron chi connectivity index (χ4n) is 2.34. The van der Waals surface area contributed by atoms with E-state index in [1.54, 1.807) is 6.07 Å². The molecule has 2 heterocycles. The fourth-order valence-corrected chi connectivity index (χ4v) is 2.98. The zero-order valence-electron chi connectivity index (χ0n) is 14.7. The lowest BCUT2D eigenvalue weighted by Gasteiger charge is -2.10. The van der Waals surface area contributed by atoms with E-state index in [2.05, 4.69) is 32.8 Å². The number of carbonyl (C=O) groups excluding carboxylic acids is 1. The maximum absolute atomic E-state index is 11.9. The number of benzene rings is 1. The molecular weight excluding hydrogens is 346 g/mol. The average molecular weight is 367 g/mol. The van der Waals surface area contributed by atoms with E-state index >= 15 is 0 Å². The molecule has 0 saturated heterocycles. The van der Waals surface area contributed by atoms with E-state index < -0.39 is 0 Å². The highest BCUT2D eigenvalue weighted by atomic mass is 32.1. The first kappa shape index (κ1) is 17.9. The molecule has 0 aliphatic rings. The highest BCUT2D eigenvalue weighted by Gasteiger charge is 2.06. The third-order valence-corrected chi connectivity index (χ3v) is 4.49. The number of nitrogens with zero attached hydrogens (tertiary/aromatic N) is 2. The third kappa shape index (κ3) is 5.03. The summed E-state index contributed by atoms with van der Waals surface area (Å²) in [6.45, 7) is 5.02. The molecule has 3 aromatic rings. The maximum Gasteiger partial charge on any atom is 0.261 e. The van der Waals surface area contributed by atoms with Crippen LogP contribution in [0.1, 0.15) is 20.9 Å². The molecule has 0 fully saturated rings. The Labute approximate surface area is 156 Å². The largest absolute Gasteiger partial charge is 0.352 e. The summed E-state index contributed by atoms with van der Waals surface area (Å²) in [7, 11) is 0. The Morgan fingerprint density at radius 2 is 1.88 bits per heavy atom. The SMILES string of the molecule is Cc1ccc(Nc2cc(C)nc(NCCNC(=O)c3cccs3)n2)cc1. The van der Waals surface area contributed by atoms with Crippen LogP contribution in [0.4, 0.5) is 17.5 Å². The molecule has 2 aromatic heterocycles. The first-order valence-electron chi connectivity index (χ1n) is 8.35.